The van der Waals surface area contributed by atoms with Crippen LogP contribution in [0.2, 0.25) is 5.15 Å². The first-order valence-corrected chi connectivity index (χ1v) is 8.72. The molecule has 1 N–H and O–H groups in total. The quantitative estimate of drug-likeness (QED) is 0.477. The summed E-state index contributed by atoms with van der Waals surface area (Å²) in [5, 5.41) is 10.8. The van der Waals surface area contributed by atoms with E-state index in [0.29, 0.717) is 21.6 Å². The molecule has 0 aliphatic heterocycles. The van der Waals surface area contributed by atoms with Crippen molar-refractivity contribution in [3.63, 3.8) is 0 Å². The highest BCUT2D eigenvalue weighted by atomic mass is 35.5. The average Bonchev–Trinajstić information content (AvgIpc) is 3.22. The van der Waals surface area contributed by atoms with Crippen molar-refractivity contribution in [2.24, 2.45) is 0 Å². The molecule has 9 heteroatoms. The van der Waals surface area contributed by atoms with Gasteiger partial charge in [-0.1, -0.05) is 35.1 Å². The van der Waals surface area contributed by atoms with Crippen molar-refractivity contribution >= 4 is 33.8 Å². The molecule has 0 saturated heterocycles. The second-order valence-electron chi connectivity index (χ2n) is 5.60. The van der Waals surface area contributed by atoms with E-state index in [-0.39, 0.29) is 0 Å². The number of nitrogens with one attached hydrogen (secondary N) is 1. The first-order chi connectivity index (χ1) is 12.4. The molecule has 0 unspecified atom stereocenters. The van der Waals surface area contributed by atoms with E-state index in [0.717, 1.165) is 34.2 Å². The molecule has 26 heavy (non-hydrogen) atoms. The van der Waals surface area contributed by atoms with E-state index in [9.17, 15) is 13.2 Å². The minimum absolute atomic E-state index is 0.373. The number of rotatable bonds is 3. The van der Waals surface area contributed by atoms with Gasteiger partial charge in [-0.05, 0) is 23.8 Å². The van der Waals surface area contributed by atoms with Crippen LogP contribution in [0.5, 0.6) is 0 Å². The molecule has 3 aromatic heterocycles. The Labute approximate surface area is 154 Å². The third-order valence-corrected chi connectivity index (χ3v) is 5.12. The number of aromatic nitrogens is 4. The number of benzene rings is 1. The van der Waals surface area contributed by atoms with E-state index in [4.69, 9.17) is 11.6 Å². The molecule has 4 aromatic rings. The van der Waals surface area contributed by atoms with Crippen LogP contribution in [0.15, 0.2) is 42.7 Å². The van der Waals surface area contributed by atoms with E-state index in [2.05, 4.69) is 20.2 Å². The lowest BCUT2D eigenvalue weighted by molar-refractivity contribution is -0.137. The predicted molar refractivity (Wildman–Crippen MR) is 94.3 cm³/mol. The molecule has 4 nitrogen and oxygen atoms in total. The molecule has 0 saturated carbocycles. The summed E-state index contributed by atoms with van der Waals surface area (Å²) in [5.41, 5.74) is 1.72. The fourth-order valence-electron chi connectivity index (χ4n) is 2.62. The van der Waals surface area contributed by atoms with Gasteiger partial charge in [0.25, 0.3) is 0 Å². The van der Waals surface area contributed by atoms with Gasteiger partial charge in [-0.2, -0.15) is 13.2 Å². The minimum Gasteiger partial charge on any atom is -0.360 e. The Balaban J connectivity index is 1.60. The van der Waals surface area contributed by atoms with Crippen molar-refractivity contribution in [3.05, 3.63) is 64.0 Å². The Kier molecular flexibility index (Phi) is 4.16. The van der Waals surface area contributed by atoms with Gasteiger partial charge in [-0.25, -0.2) is 4.98 Å². The number of hydrogen-bond acceptors (Lipinski definition) is 4. The zero-order valence-corrected chi connectivity index (χ0v) is 14.6. The lowest BCUT2D eigenvalue weighted by Gasteiger charge is -2.06. The fourth-order valence-corrected chi connectivity index (χ4v) is 3.78. The summed E-state index contributed by atoms with van der Waals surface area (Å²) < 4.78 is 37.9. The van der Waals surface area contributed by atoms with Crippen LogP contribution >= 0.6 is 22.9 Å². The number of nitrogens with zero attached hydrogens (tertiary/aromatic N) is 3. The van der Waals surface area contributed by atoms with Gasteiger partial charge in [-0.3, -0.25) is 0 Å². The van der Waals surface area contributed by atoms with Crippen LogP contribution in [-0.4, -0.2) is 20.2 Å². The highest BCUT2D eigenvalue weighted by molar-refractivity contribution is 7.14. The van der Waals surface area contributed by atoms with Crippen LogP contribution in [0.3, 0.4) is 0 Å². The Morgan fingerprint density at radius 2 is 1.85 bits per heavy atom. The molecule has 0 amide bonds. The van der Waals surface area contributed by atoms with Gasteiger partial charge < -0.3 is 4.98 Å². The first kappa shape index (κ1) is 17.0. The summed E-state index contributed by atoms with van der Waals surface area (Å²) in [6.07, 6.45) is -0.525. The van der Waals surface area contributed by atoms with Gasteiger partial charge in [0, 0.05) is 29.8 Å². The molecule has 0 aliphatic carbocycles. The molecule has 1 aromatic carbocycles. The molecular formula is C17H10ClF3N4S. The highest BCUT2D eigenvalue weighted by Gasteiger charge is 2.29. The maximum Gasteiger partial charge on any atom is 0.416 e. The summed E-state index contributed by atoms with van der Waals surface area (Å²) in [6, 6.07) is 6.87. The number of pyridine rings is 1. The van der Waals surface area contributed by atoms with Crippen molar-refractivity contribution in [2.75, 3.05) is 0 Å². The minimum atomic E-state index is -4.34. The lowest BCUT2D eigenvalue weighted by atomic mass is 10.1. The first-order valence-electron chi connectivity index (χ1n) is 7.52. The van der Waals surface area contributed by atoms with Gasteiger partial charge in [-0.15, -0.1) is 10.2 Å². The van der Waals surface area contributed by atoms with E-state index >= 15 is 0 Å². The molecule has 0 fully saturated rings. The second kappa shape index (κ2) is 6.37. The number of aromatic amines is 1. The molecular weight excluding hydrogens is 385 g/mol. The zero-order chi connectivity index (χ0) is 18.3. The van der Waals surface area contributed by atoms with Gasteiger partial charge in [0.1, 0.15) is 15.2 Å². The predicted octanol–water partition coefficient (Wildman–Crippen LogP) is 5.34. The molecule has 0 spiro atoms. The number of hydrogen-bond donors (Lipinski definition) is 1. The number of H-pyrrole nitrogens is 1. The van der Waals surface area contributed by atoms with Crippen molar-refractivity contribution in [2.45, 2.75) is 12.6 Å². The van der Waals surface area contributed by atoms with Crippen LogP contribution in [0.4, 0.5) is 13.2 Å². The van der Waals surface area contributed by atoms with Crippen molar-refractivity contribution in [1.29, 1.82) is 0 Å². The smallest absolute Gasteiger partial charge is 0.360 e. The summed E-state index contributed by atoms with van der Waals surface area (Å²) in [5.74, 6) is 0. The number of halogens is 4. The monoisotopic (exact) mass is 394 g/mol. The second-order valence-corrected chi connectivity index (χ2v) is 7.02. The largest absolute Gasteiger partial charge is 0.416 e. The Bertz CT molecular complexity index is 1070. The Morgan fingerprint density at radius 3 is 2.58 bits per heavy atom. The van der Waals surface area contributed by atoms with Gasteiger partial charge in [0.2, 0.25) is 0 Å². The topological polar surface area (TPSA) is 54.5 Å². The van der Waals surface area contributed by atoms with Gasteiger partial charge in [0.05, 0.1) is 11.1 Å². The molecule has 0 aliphatic rings. The van der Waals surface area contributed by atoms with Crippen molar-refractivity contribution in [1.82, 2.24) is 20.2 Å². The van der Waals surface area contributed by atoms with Crippen LogP contribution in [0, 0.1) is 0 Å². The zero-order valence-electron chi connectivity index (χ0n) is 13.0. The van der Waals surface area contributed by atoms with E-state index in [1.165, 1.54) is 23.5 Å². The van der Waals surface area contributed by atoms with E-state index in [1.54, 1.807) is 12.4 Å². The SMILES string of the molecule is FC(F)(F)c1ccc(Cc2nnc(-c3c[nH]c4ccnc(Cl)c34)s2)cc1. The van der Waals surface area contributed by atoms with Crippen LogP contribution in [-0.2, 0) is 12.6 Å². The third kappa shape index (κ3) is 3.17. The number of alkyl halides is 3. The molecule has 3 heterocycles. The summed E-state index contributed by atoms with van der Waals surface area (Å²) in [4.78, 5) is 7.19. The Hall–Kier alpha value is -2.45. The molecule has 4 rings (SSSR count). The van der Waals surface area contributed by atoms with Crippen LogP contribution in [0.25, 0.3) is 21.5 Å². The standard InChI is InChI=1S/C17H10ClF3N4S/c18-15-14-11(8-23-12(14)5-6-22-15)16-25-24-13(26-16)7-9-1-3-10(4-2-9)17(19,20)21/h1-6,8,23H,7H2. The normalized spacial score (nSPS) is 12.0. The maximum absolute atomic E-state index is 12.6. The lowest BCUT2D eigenvalue weighted by Crippen LogP contribution is -2.04. The van der Waals surface area contributed by atoms with Crippen molar-refractivity contribution < 1.29 is 13.2 Å². The molecule has 0 radical (unpaired) electrons. The number of fused-ring (bicyclic) bond motifs is 1. The molecule has 132 valence electrons. The highest BCUT2D eigenvalue weighted by Crippen LogP contribution is 2.34. The maximum atomic E-state index is 12.6. The van der Waals surface area contributed by atoms with E-state index in [1.807, 2.05) is 6.07 Å². The summed E-state index contributed by atoms with van der Waals surface area (Å²) >= 11 is 7.54. The van der Waals surface area contributed by atoms with Crippen LogP contribution < -0.4 is 0 Å². The van der Waals surface area contributed by atoms with Gasteiger partial charge in [0.15, 0.2) is 0 Å². The van der Waals surface area contributed by atoms with Crippen LogP contribution in [0.1, 0.15) is 16.1 Å². The molecule has 0 bridgehead atoms. The third-order valence-electron chi connectivity index (χ3n) is 3.88. The molecule has 0 atom stereocenters. The summed E-state index contributed by atoms with van der Waals surface area (Å²) in [7, 11) is 0. The van der Waals surface area contributed by atoms with Crippen molar-refractivity contribution in [3.8, 4) is 10.6 Å². The van der Waals surface area contributed by atoms with Gasteiger partial charge >= 0.3 is 6.18 Å². The fraction of sp³-hybridized carbons (Fsp3) is 0.118. The summed E-state index contributed by atoms with van der Waals surface area (Å²) in [6.45, 7) is 0. The Morgan fingerprint density at radius 1 is 1.08 bits per heavy atom. The average molecular weight is 395 g/mol. The van der Waals surface area contributed by atoms with E-state index < -0.39 is 11.7 Å².